The van der Waals surface area contributed by atoms with Crippen LogP contribution in [0.4, 0.5) is 18.0 Å². The Labute approximate surface area is 111 Å². The van der Waals surface area contributed by atoms with E-state index in [-0.39, 0.29) is 25.4 Å². The number of hydrogen-bond donors (Lipinski definition) is 2. The third kappa shape index (κ3) is 6.13. The van der Waals surface area contributed by atoms with E-state index < -0.39 is 23.8 Å². The summed E-state index contributed by atoms with van der Waals surface area (Å²) in [4.78, 5) is 11.4. The van der Waals surface area contributed by atoms with Crippen molar-refractivity contribution in [3.63, 3.8) is 0 Å². The van der Waals surface area contributed by atoms with Crippen molar-refractivity contribution < 1.29 is 22.7 Å². The number of piperidine rings is 1. The van der Waals surface area contributed by atoms with E-state index in [4.69, 9.17) is 4.74 Å². The van der Waals surface area contributed by atoms with Gasteiger partial charge in [-0.2, -0.15) is 13.2 Å². The summed E-state index contributed by atoms with van der Waals surface area (Å²) in [6.07, 6.45) is -4.69. The molecule has 0 aromatic rings. The van der Waals surface area contributed by atoms with Gasteiger partial charge in [0.1, 0.15) is 5.60 Å². The lowest BCUT2D eigenvalue weighted by molar-refractivity contribution is -0.182. The van der Waals surface area contributed by atoms with E-state index in [1.54, 1.807) is 20.8 Å². The molecule has 2 atom stereocenters. The van der Waals surface area contributed by atoms with Crippen LogP contribution in [-0.4, -0.2) is 37.0 Å². The fraction of sp³-hybridized carbons (Fsp3) is 0.917. The maximum atomic E-state index is 12.6. The van der Waals surface area contributed by atoms with Crippen molar-refractivity contribution in [1.29, 1.82) is 0 Å². The Balaban J connectivity index is 2.35. The molecule has 1 heterocycles. The van der Waals surface area contributed by atoms with Gasteiger partial charge in [-0.3, -0.25) is 0 Å². The summed E-state index contributed by atoms with van der Waals surface area (Å²) in [5, 5.41) is 5.46. The number of rotatable bonds is 2. The van der Waals surface area contributed by atoms with E-state index in [9.17, 15) is 18.0 Å². The molecule has 0 aliphatic carbocycles. The largest absolute Gasteiger partial charge is 0.444 e. The topological polar surface area (TPSA) is 50.4 Å². The van der Waals surface area contributed by atoms with Crippen LogP contribution in [0.3, 0.4) is 0 Å². The summed E-state index contributed by atoms with van der Waals surface area (Å²) in [5.41, 5.74) is -0.613. The molecule has 0 saturated carbocycles. The van der Waals surface area contributed by atoms with Crippen LogP contribution in [0.15, 0.2) is 0 Å². The van der Waals surface area contributed by atoms with E-state index in [1.165, 1.54) is 0 Å². The van der Waals surface area contributed by atoms with Crippen molar-refractivity contribution in [2.45, 2.75) is 51.4 Å². The van der Waals surface area contributed by atoms with E-state index >= 15 is 0 Å². The van der Waals surface area contributed by atoms with Gasteiger partial charge in [0.25, 0.3) is 0 Å². The SMILES string of the molecule is CC(C)(C)OC(=O)NC[C@@H]1C[C@H](C(F)(F)F)CCN1. The minimum Gasteiger partial charge on any atom is -0.444 e. The Morgan fingerprint density at radius 3 is 2.53 bits per heavy atom. The van der Waals surface area contributed by atoms with Crippen molar-refractivity contribution in [2.75, 3.05) is 13.1 Å². The van der Waals surface area contributed by atoms with Gasteiger partial charge in [-0.25, -0.2) is 4.79 Å². The summed E-state index contributed by atoms with van der Waals surface area (Å²) in [6, 6.07) is -0.368. The molecule has 2 N–H and O–H groups in total. The molecule has 112 valence electrons. The van der Waals surface area contributed by atoms with Crippen LogP contribution in [0.5, 0.6) is 0 Å². The van der Waals surface area contributed by atoms with Crippen molar-refractivity contribution in [2.24, 2.45) is 5.92 Å². The third-order valence-corrected chi connectivity index (χ3v) is 2.85. The van der Waals surface area contributed by atoms with Gasteiger partial charge in [0.2, 0.25) is 0 Å². The van der Waals surface area contributed by atoms with E-state index in [0.29, 0.717) is 6.54 Å². The standard InChI is InChI=1S/C12H21F3N2O2/c1-11(2,3)19-10(18)17-7-9-6-8(4-5-16-9)12(13,14)15/h8-9,16H,4-7H2,1-3H3,(H,17,18)/t8-,9+/m1/s1. The lowest BCUT2D eigenvalue weighted by atomic mass is 9.92. The highest BCUT2D eigenvalue weighted by molar-refractivity contribution is 5.67. The quantitative estimate of drug-likeness (QED) is 0.818. The van der Waals surface area contributed by atoms with Crippen LogP contribution in [0.25, 0.3) is 0 Å². The molecular formula is C12H21F3N2O2. The van der Waals surface area contributed by atoms with Crippen LogP contribution in [-0.2, 0) is 4.74 Å². The van der Waals surface area contributed by atoms with E-state index in [1.807, 2.05) is 0 Å². The maximum absolute atomic E-state index is 12.6. The minimum absolute atomic E-state index is 0.0146. The summed E-state index contributed by atoms with van der Waals surface area (Å²) in [6.45, 7) is 5.63. The number of alkyl halides is 3. The van der Waals surface area contributed by atoms with Crippen LogP contribution in [0.2, 0.25) is 0 Å². The Hall–Kier alpha value is -0.980. The van der Waals surface area contributed by atoms with Crippen molar-refractivity contribution in [1.82, 2.24) is 10.6 Å². The summed E-state index contributed by atoms with van der Waals surface area (Å²) < 4.78 is 42.8. The predicted octanol–water partition coefficient (Wildman–Crippen LogP) is 2.44. The molecule has 1 amide bonds. The van der Waals surface area contributed by atoms with Crippen LogP contribution in [0.1, 0.15) is 33.6 Å². The highest BCUT2D eigenvalue weighted by Crippen LogP contribution is 2.33. The molecule has 1 saturated heterocycles. The molecule has 0 unspecified atom stereocenters. The Kier molecular flexibility index (Phi) is 5.06. The van der Waals surface area contributed by atoms with Crippen molar-refractivity contribution >= 4 is 6.09 Å². The van der Waals surface area contributed by atoms with Crippen molar-refractivity contribution in [3.8, 4) is 0 Å². The summed E-state index contributed by atoms with van der Waals surface area (Å²) in [5.74, 6) is -1.29. The molecule has 1 rings (SSSR count). The number of hydrogen-bond acceptors (Lipinski definition) is 3. The van der Waals surface area contributed by atoms with E-state index in [2.05, 4.69) is 10.6 Å². The molecule has 0 radical (unpaired) electrons. The molecule has 19 heavy (non-hydrogen) atoms. The van der Waals surface area contributed by atoms with Crippen molar-refractivity contribution in [3.05, 3.63) is 0 Å². The zero-order chi connectivity index (χ0) is 14.7. The Bertz CT molecular complexity index is 313. The first-order valence-electron chi connectivity index (χ1n) is 6.35. The number of nitrogens with one attached hydrogen (secondary N) is 2. The predicted molar refractivity (Wildman–Crippen MR) is 64.8 cm³/mol. The second kappa shape index (κ2) is 5.98. The van der Waals surface area contributed by atoms with Gasteiger partial charge in [-0.15, -0.1) is 0 Å². The first kappa shape index (κ1) is 16.1. The van der Waals surface area contributed by atoms with Gasteiger partial charge >= 0.3 is 12.3 Å². The molecule has 1 fully saturated rings. The monoisotopic (exact) mass is 282 g/mol. The Morgan fingerprint density at radius 1 is 1.37 bits per heavy atom. The number of amides is 1. The number of alkyl carbamates (subject to hydrolysis) is 1. The lowest BCUT2D eigenvalue weighted by Crippen LogP contribution is -2.49. The van der Waals surface area contributed by atoms with Crippen LogP contribution in [0, 0.1) is 5.92 Å². The zero-order valence-corrected chi connectivity index (χ0v) is 11.4. The maximum Gasteiger partial charge on any atom is 0.407 e. The number of carbonyl (C=O) groups excluding carboxylic acids is 1. The van der Waals surface area contributed by atoms with Gasteiger partial charge in [0.05, 0.1) is 5.92 Å². The number of carbonyl (C=O) groups is 1. The fourth-order valence-corrected chi connectivity index (χ4v) is 1.98. The van der Waals surface area contributed by atoms with Crippen LogP contribution >= 0.6 is 0 Å². The summed E-state index contributed by atoms with van der Waals surface area (Å²) in [7, 11) is 0. The zero-order valence-electron chi connectivity index (χ0n) is 11.4. The molecule has 0 spiro atoms. The average Bonchev–Trinajstić information content (AvgIpc) is 2.23. The van der Waals surface area contributed by atoms with Gasteiger partial charge in [0.15, 0.2) is 0 Å². The second-order valence-corrected chi connectivity index (χ2v) is 5.80. The summed E-state index contributed by atoms with van der Waals surface area (Å²) >= 11 is 0. The molecule has 7 heteroatoms. The van der Waals surface area contributed by atoms with Crippen LogP contribution < -0.4 is 10.6 Å². The average molecular weight is 282 g/mol. The van der Waals surface area contributed by atoms with Gasteiger partial charge in [-0.1, -0.05) is 0 Å². The Morgan fingerprint density at radius 2 is 2.00 bits per heavy atom. The molecule has 0 aromatic carbocycles. The number of halogens is 3. The second-order valence-electron chi connectivity index (χ2n) is 5.80. The molecule has 1 aliphatic heterocycles. The number of ether oxygens (including phenoxy) is 1. The molecule has 0 aromatic heterocycles. The molecule has 0 bridgehead atoms. The van der Waals surface area contributed by atoms with Gasteiger partial charge < -0.3 is 15.4 Å². The minimum atomic E-state index is -4.16. The smallest absolute Gasteiger partial charge is 0.407 e. The molecule has 1 aliphatic rings. The van der Waals surface area contributed by atoms with E-state index in [0.717, 1.165) is 0 Å². The highest BCUT2D eigenvalue weighted by Gasteiger charge is 2.42. The highest BCUT2D eigenvalue weighted by atomic mass is 19.4. The fourth-order valence-electron chi connectivity index (χ4n) is 1.98. The van der Waals surface area contributed by atoms with Gasteiger partial charge in [0, 0.05) is 12.6 Å². The first-order chi connectivity index (χ1) is 8.58. The van der Waals surface area contributed by atoms with Gasteiger partial charge in [-0.05, 0) is 40.2 Å². The molecular weight excluding hydrogens is 261 g/mol. The third-order valence-electron chi connectivity index (χ3n) is 2.85. The molecule has 4 nitrogen and oxygen atoms in total. The lowest BCUT2D eigenvalue weighted by Gasteiger charge is -2.31. The first-order valence-corrected chi connectivity index (χ1v) is 6.35. The normalized spacial score (nSPS) is 24.9.